The molecule has 8 nitrogen and oxygen atoms in total. The topological polar surface area (TPSA) is 95.7 Å². The molecule has 0 radical (unpaired) electrons. The largest absolute Gasteiger partial charge is 0.507 e. The molecular formula is C28H30N3O5+. The lowest BCUT2D eigenvalue weighted by atomic mass is 9.94. The maximum atomic E-state index is 13.3. The molecule has 3 heterocycles. The molecule has 1 saturated heterocycles. The van der Waals surface area contributed by atoms with Crippen LogP contribution in [-0.4, -0.2) is 45.9 Å². The Morgan fingerprint density at radius 1 is 1.22 bits per heavy atom. The number of hydrogen-bond acceptors (Lipinski definition) is 5. The molecule has 1 aromatic heterocycles. The number of aryl methyl sites for hydroxylation is 1. The summed E-state index contributed by atoms with van der Waals surface area (Å²) in [5, 5.41) is 11.4. The molecule has 8 heteroatoms. The van der Waals surface area contributed by atoms with Gasteiger partial charge in [-0.25, -0.2) is 4.57 Å². The molecule has 2 aliphatic heterocycles. The smallest absolute Gasteiger partial charge is 0.295 e. The minimum absolute atomic E-state index is 0.0599. The van der Waals surface area contributed by atoms with E-state index in [9.17, 15) is 14.7 Å². The maximum Gasteiger partial charge on any atom is 0.295 e. The van der Waals surface area contributed by atoms with Gasteiger partial charge >= 0.3 is 0 Å². The van der Waals surface area contributed by atoms with Crippen LogP contribution in [0.2, 0.25) is 0 Å². The number of ketones is 1. The fourth-order valence-electron chi connectivity index (χ4n) is 4.98. The van der Waals surface area contributed by atoms with E-state index in [2.05, 4.69) is 4.98 Å². The normalized spacial score (nSPS) is 20.4. The van der Waals surface area contributed by atoms with Gasteiger partial charge in [-0.05, 0) is 55.3 Å². The van der Waals surface area contributed by atoms with E-state index in [4.69, 9.17) is 9.47 Å². The number of aromatic amines is 1. The van der Waals surface area contributed by atoms with E-state index < -0.39 is 17.7 Å². The average molecular weight is 489 g/mol. The third kappa shape index (κ3) is 4.46. The standard InChI is InChI=1S/C28H29N3O5/c1-3-35-22-8-5-19(6-9-22)25-24(26(32)20-7-10-23-21(16-20)15-18(2)36-23)27(33)28(34)31(25)13-4-12-30-14-11-29-17-30/h5-11,14,16-18,25H,3-4,12-13,15H2,1-2H3,(H,32,33)/p+1. The Hall–Kier alpha value is -4.07. The van der Waals surface area contributed by atoms with Crippen molar-refractivity contribution < 1.29 is 28.7 Å². The summed E-state index contributed by atoms with van der Waals surface area (Å²) in [6, 6.07) is 12.0. The summed E-state index contributed by atoms with van der Waals surface area (Å²) in [5.41, 5.74) is 2.32. The predicted molar refractivity (Wildman–Crippen MR) is 132 cm³/mol. The number of nitrogens with zero attached hydrogens (tertiary/aromatic N) is 2. The minimum atomic E-state index is -0.694. The molecule has 0 aliphatic carbocycles. The first-order valence-corrected chi connectivity index (χ1v) is 12.3. The van der Waals surface area contributed by atoms with Crippen LogP contribution in [-0.2, 0) is 22.6 Å². The Labute approximate surface area is 209 Å². The lowest BCUT2D eigenvalue weighted by Gasteiger charge is -2.25. The van der Waals surface area contributed by atoms with Crippen LogP contribution in [0.1, 0.15) is 43.0 Å². The van der Waals surface area contributed by atoms with E-state index in [0.717, 1.165) is 23.3 Å². The number of nitrogens with one attached hydrogen (secondary N) is 1. The number of benzene rings is 2. The number of amides is 1. The Bertz CT molecular complexity index is 1300. The molecular weight excluding hydrogens is 458 g/mol. The van der Waals surface area contributed by atoms with Crippen LogP contribution in [0.4, 0.5) is 0 Å². The molecule has 1 fully saturated rings. The summed E-state index contributed by atoms with van der Waals surface area (Å²) in [6.45, 7) is 5.49. The van der Waals surface area contributed by atoms with Crippen LogP contribution in [0.15, 0.2) is 66.8 Å². The van der Waals surface area contributed by atoms with Crippen molar-refractivity contribution in [3.8, 4) is 11.5 Å². The van der Waals surface area contributed by atoms with Crippen molar-refractivity contribution in [3.63, 3.8) is 0 Å². The number of fused-ring (bicyclic) bond motifs is 1. The summed E-state index contributed by atoms with van der Waals surface area (Å²) in [6.07, 6.45) is 7.02. The number of Topliss-reactive ketones (excluding diaryl/α,β-unsaturated/α-hetero) is 1. The molecule has 5 rings (SSSR count). The van der Waals surface area contributed by atoms with Gasteiger partial charge in [-0.2, -0.15) is 0 Å². The molecule has 2 unspecified atom stereocenters. The molecule has 186 valence electrons. The Balaban J connectivity index is 1.52. The van der Waals surface area contributed by atoms with Gasteiger partial charge in [-0.1, -0.05) is 12.1 Å². The Morgan fingerprint density at radius 3 is 2.75 bits per heavy atom. The lowest BCUT2D eigenvalue weighted by molar-refractivity contribution is -0.695. The van der Waals surface area contributed by atoms with Gasteiger partial charge in [0.1, 0.15) is 35.8 Å². The number of aliphatic hydroxyl groups is 1. The van der Waals surface area contributed by atoms with Crippen LogP contribution in [0.5, 0.6) is 11.5 Å². The average Bonchev–Trinajstić information content (AvgIpc) is 3.58. The molecule has 2 aromatic carbocycles. The number of ether oxygens (including phenoxy) is 2. The van der Waals surface area contributed by atoms with Crippen molar-refractivity contribution in [2.45, 2.75) is 45.4 Å². The van der Waals surface area contributed by atoms with Gasteiger partial charge in [0.15, 0.2) is 0 Å². The van der Waals surface area contributed by atoms with Gasteiger partial charge in [-0.15, -0.1) is 0 Å². The van der Waals surface area contributed by atoms with E-state index in [1.54, 1.807) is 11.0 Å². The number of H-pyrrole nitrogens is 1. The number of imidazole rings is 1. The molecule has 2 aliphatic rings. The molecule has 0 saturated carbocycles. The fourth-order valence-corrected chi connectivity index (χ4v) is 4.98. The minimum Gasteiger partial charge on any atom is -0.507 e. The van der Waals surface area contributed by atoms with E-state index >= 15 is 0 Å². The van der Waals surface area contributed by atoms with Gasteiger partial charge in [-0.3, -0.25) is 14.6 Å². The zero-order chi connectivity index (χ0) is 25.2. The molecule has 0 spiro atoms. The monoisotopic (exact) mass is 488 g/mol. The van der Waals surface area contributed by atoms with E-state index in [1.807, 2.05) is 73.5 Å². The summed E-state index contributed by atoms with van der Waals surface area (Å²) < 4.78 is 13.3. The SMILES string of the molecule is CCOc1ccc(C2/C(=C(\O)c3ccc4c(c3)CC(C)O4)C(=O)C(=O)N2CCC[n+]2cc[nH]c2)cc1. The lowest BCUT2D eigenvalue weighted by Crippen LogP contribution is -2.36. The zero-order valence-electron chi connectivity index (χ0n) is 20.4. The highest BCUT2D eigenvalue weighted by molar-refractivity contribution is 6.46. The van der Waals surface area contributed by atoms with Crippen LogP contribution in [0.25, 0.3) is 5.76 Å². The third-order valence-electron chi connectivity index (χ3n) is 6.63. The second kappa shape index (κ2) is 9.89. The summed E-state index contributed by atoms with van der Waals surface area (Å²) in [4.78, 5) is 31.1. The highest BCUT2D eigenvalue weighted by Gasteiger charge is 2.46. The fraction of sp³-hybridized carbons (Fsp3) is 0.321. The third-order valence-corrected chi connectivity index (χ3v) is 6.63. The highest BCUT2D eigenvalue weighted by atomic mass is 16.5. The van der Waals surface area contributed by atoms with Gasteiger partial charge < -0.3 is 19.5 Å². The Kier molecular flexibility index (Phi) is 6.50. The van der Waals surface area contributed by atoms with Crippen LogP contribution in [0, 0.1) is 0 Å². The van der Waals surface area contributed by atoms with Crippen molar-refractivity contribution in [3.05, 3.63) is 83.4 Å². The molecule has 36 heavy (non-hydrogen) atoms. The van der Waals surface area contributed by atoms with Crippen molar-refractivity contribution in [2.75, 3.05) is 13.2 Å². The van der Waals surface area contributed by atoms with Crippen molar-refractivity contribution in [1.29, 1.82) is 0 Å². The number of aromatic nitrogens is 2. The second-order valence-corrected chi connectivity index (χ2v) is 9.15. The van der Waals surface area contributed by atoms with Gasteiger partial charge in [0.2, 0.25) is 6.33 Å². The van der Waals surface area contributed by atoms with Gasteiger partial charge in [0.25, 0.3) is 11.7 Å². The van der Waals surface area contributed by atoms with Crippen LogP contribution >= 0.6 is 0 Å². The van der Waals surface area contributed by atoms with Gasteiger partial charge in [0, 0.05) is 24.9 Å². The zero-order valence-corrected chi connectivity index (χ0v) is 20.4. The number of aliphatic hydroxyl groups excluding tert-OH is 1. The first kappa shape index (κ1) is 23.7. The first-order chi connectivity index (χ1) is 17.5. The second-order valence-electron chi connectivity index (χ2n) is 9.15. The van der Waals surface area contributed by atoms with Crippen LogP contribution < -0.4 is 14.0 Å². The van der Waals surface area contributed by atoms with Crippen molar-refractivity contribution >= 4 is 17.4 Å². The Morgan fingerprint density at radius 2 is 2.03 bits per heavy atom. The summed E-state index contributed by atoms with van der Waals surface area (Å²) in [7, 11) is 0. The van der Waals surface area contributed by atoms with E-state index in [0.29, 0.717) is 37.4 Å². The molecule has 2 atom stereocenters. The maximum absolute atomic E-state index is 13.3. The van der Waals surface area contributed by atoms with Gasteiger partial charge in [0.05, 0.1) is 24.8 Å². The highest BCUT2D eigenvalue weighted by Crippen LogP contribution is 2.41. The quantitative estimate of drug-likeness (QED) is 0.219. The molecule has 1 amide bonds. The van der Waals surface area contributed by atoms with Crippen molar-refractivity contribution in [2.24, 2.45) is 0 Å². The summed E-state index contributed by atoms with van der Waals surface area (Å²) in [5.74, 6) is 0.0372. The van der Waals surface area contributed by atoms with Crippen LogP contribution in [0.3, 0.4) is 0 Å². The van der Waals surface area contributed by atoms with E-state index in [1.165, 1.54) is 0 Å². The number of hydrogen-bond donors (Lipinski definition) is 2. The molecule has 2 N–H and O–H groups in total. The van der Waals surface area contributed by atoms with Crippen molar-refractivity contribution in [1.82, 2.24) is 9.88 Å². The molecule has 0 bridgehead atoms. The van der Waals surface area contributed by atoms with E-state index in [-0.39, 0.29) is 17.4 Å². The summed E-state index contributed by atoms with van der Waals surface area (Å²) >= 11 is 0. The number of likely N-dealkylation sites (tertiary alicyclic amines) is 1. The molecule has 3 aromatic rings. The number of rotatable bonds is 8. The first-order valence-electron chi connectivity index (χ1n) is 12.3. The predicted octanol–water partition coefficient (Wildman–Crippen LogP) is 3.54. The number of carbonyl (C=O) groups is 2. The number of carbonyl (C=O) groups excluding carboxylic acids is 2.